The number of carbonyl (C=O) groups excluding carboxylic acids is 2. The molecule has 0 aliphatic rings. The average molecular weight is 564 g/mol. The van der Waals surface area contributed by atoms with Crippen molar-refractivity contribution < 1.29 is 18.0 Å². The Morgan fingerprint density at radius 1 is 0.850 bits per heavy atom. The lowest BCUT2D eigenvalue weighted by molar-refractivity contribution is -0.140. The summed E-state index contributed by atoms with van der Waals surface area (Å²) in [5.41, 5.74) is 4.43. The van der Waals surface area contributed by atoms with Crippen molar-refractivity contribution in [1.82, 2.24) is 10.2 Å². The summed E-state index contributed by atoms with van der Waals surface area (Å²) >= 11 is 0. The van der Waals surface area contributed by atoms with E-state index in [0.717, 1.165) is 32.1 Å². The third-order valence-corrected chi connectivity index (χ3v) is 8.38. The third-order valence-electron chi connectivity index (χ3n) is 6.61. The zero-order chi connectivity index (χ0) is 29.8. The van der Waals surface area contributed by atoms with E-state index in [9.17, 15) is 18.0 Å². The molecular formula is C32H41N3O4S. The molecule has 1 N–H and O–H groups in total. The summed E-state index contributed by atoms with van der Waals surface area (Å²) in [6, 6.07) is 18.9. The summed E-state index contributed by atoms with van der Waals surface area (Å²) in [5, 5.41) is 2.95. The first-order valence-electron chi connectivity index (χ1n) is 13.4. The molecule has 0 fully saturated rings. The van der Waals surface area contributed by atoms with Crippen molar-refractivity contribution in [3.05, 3.63) is 94.5 Å². The molecule has 8 heteroatoms. The maximum atomic E-state index is 14.1. The number of sulfonamides is 1. The fourth-order valence-electron chi connectivity index (χ4n) is 4.50. The molecule has 0 spiro atoms. The van der Waals surface area contributed by atoms with Gasteiger partial charge in [0.25, 0.3) is 10.0 Å². The van der Waals surface area contributed by atoms with Crippen molar-refractivity contribution in [3.8, 4) is 0 Å². The highest BCUT2D eigenvalue weighted by molar-refractivity contribution is 7.92. The van der Waals surface area contributed by atoms with Crippen LogP contribution < -0.4 is 9.62 Å². The fourth-order valence-corrected chi connectivity index (χ4v) is 5.98. The highest BCUT2D eigenvalue weighted by atomic mass is 32.2. The molecule has 3 aromatic carbocycles. The van der Waals surface area contributed by atoms with Crippen LogP contribution in [0.5, 0.6) is 0 Å². The van der Waals surface area contributed by atoms with Gasteiger partial charge < -0.3 is 10.2 Å². The summed E-state index contributed by atoms with van der Waals surface area (Å²) in [6.45, 7) is 14.6. The number of nitrogens with one attached hydrogen (secondary N) is 1. The van der Waals surface area contributed by atoms with Gasteiger partial charge in [0.1, 0.15) is 12.6 Å². The minimum Gasteiger partial charge on any atom is -0.350 e. The van der Waals surface area contributed by atoms with Crippen LogP contribution in [0.3, 0.4) is 0 Å². The van der Waals surface area contributed by atoms with Gasteiger partial charge in [0.05, 0.1) is 10.6 Å². The Morgan fingerprint density at radius 3 is 2.02 bits per heavy atom. The minimum atomic E-state index is -4.10. The number of benzene rings is 3. The molecule has 3 rings (SSSR count). The van der Waals surface area contributed by atoms with Gasteiger partial charge in [0.2, 0.25) is 11.8 Å². The number of amides is 2. The summed E-state index contributed by atoms with van der Waals surface area (Å²) < 4.78 is 29.2. The van der Waals surface area contributed by atoms with E-state index in [1.54, 1.807) is 37.3 Å². The second-order valence-electron chi connectivity index (χ2n) is 11.5. The van der Waals surface area contributed by atoms with Gasteiger partial charge in [-0.05, 0) is 84.7 Å². The Morgan fingerprint density at radius 2 is 1.45 bits per heavy atom. The molecule has 0 saturated heterocycles. The van der Waals surface area contributed by atoms with E-state index in [4.69, 9.17) is 0 Å². The van der Waals surface area contributed by atoms with E-state index in [0.29, 0.717) is 5.69 Å². The summed E-state index contributed by atoms with van der Waals surface area (Å²) in [4.78, 5) is 28.8. The van der Waals surface area contributed by atoms with E-state index in [2.05, 4.69) is 5.32 Å². The van der Waals surface area contributed by atoms with E-state index in [1.165, 1.54) is 4.90 Å². The highest BCUT2D eigenvalue weighted by Crippen LogP contribution is 2.28. The first kappa shape index (κ1) is 30.9. The van der Waals surface area contributed by atoms with Crippen LogP contribution in [0.15, 0.2) is 71.6 Å². The quantitative estimate of drug-likeness (QED) is 0.375. The van der Waals surface area contributed by atoms with Crippen LogP contribution >= 0.6 is 0 Å². The van der Waals surface area contributed by atoms with E-state index in [-0.39, 0.29) is 17.3 Å². The van der Waals surface area contributed by atoms with Gasteiger partial charge in [-0.2, -0.15) is 0 Å². The number of hydrogen-bond donors (Lipinski definition) is 1. The lowest BCUT2D eigenvalue weighted by Crippen LogP contribution is -2.54. The molecule has 0 radical (unpaired) electrons. The molecule has 40 heavy (non-hydrogen) atoms. The van der Waals surface area contributed by atoms with Crippen molar-refractivity contribution in [2.24, 2.45) is 0 Å². The number of carbonyl (C=O) groups is 2. The van der Waals surface area contributed by atoms with Crippen molar-refractivity contribution in [2.75, 3.05) is 10.8 Å². The van der Waals surface area contributed by atoms with Crippen LogP contribution in [0.25, 0.3) is 0 Å². The monoisotopic (exact) mass is 563 g/mol. The van der Waals surface area contributed by atoms with Gasteiger partial charge in [-0.15, -0.1) is 0 Å². The number of nitrogens with zero attached hydrogens (tertiary/aromatic N) is 2. The molecule has 3 aromatic rings. The smallest absolute Gasteiger partial charge is 0.264 e. The average Bonchev–Trinajstić information content (AvgIpc) is 2.85. The van der Waals surface area contributed by atoms with Crippen molar-refractivity contribution in [3.63, 3.8) is 0 Å². The van der Waals surface area contributed by atoms with Crippen molar-refractivity contribution >= 4 is 27.5 Å². The first-order chi connectivity index (χ1) is 18.6. The predicted molar refractivity (Wildman–Crippen MR) is 161 cm³/mol. The Bertz CT molecular complexity index is 1470. The molecule has 2 amide bonds. The molecule has 0 aliphatic carbocycles. The first-order valence-corrected chi connectivity index (χ1v) is 14.9. The SMILES string of the molecule is Cc1ccc(S(=O)(=O)N(CC(=O)N(Cc2cccc(C)c2)C(C)C(=O)NC(C)(C)C)c2ccc(C)cc2C)cc1. The lowest BCUT2D eigenvalue weighted by atomic mass is 10.1. The summed E-state index contributed by atoms with van der Waals surface area (Å²) in [5.74, 6) is -0.790. The van der Waals surface area contributed by atoms with Gasteiger partial charge >= 0.3 is 0 Å². The second-order valence-corrected chi connectivity index (χ2v) is 13.4. The largest absolute Gasteiger partial charge is 0.350 e. The highest BCUT2D eigenvalue weighted by Gasteiger charge is 2.33. The molecular weight excluding hydrogens is 522 g/mol. The Labute approximate surface area is 239 Å². The van der Waals surface area contributed by atoms with Crippen LogP contribution in [0.4, 0.5) is 5.69 Å². The van der Waals surface area contributed by atoms with Crippen molar-refractivity contribution in [1.29, 1.82) is 0 Å². The maximum absolute atomic E-state index is 14.1. The lowest BCUT2D eigenvalue weighted by Gasteiger charge is -2.34. The number of hydrogen-bond acceptors (Lipinski definition) is 4. The van der Waals surface area contributed by atoms with E-state index < -0.39 is 34.1 Å². The van der Waals surface area contributed by atoms with E-state index in [1.807, 2.05) is 84.9 Å². The maximum Gasteiger partial charge on any atom is 0.264 e. The van der Waals surface area contributed by atoms with Crippen LogP contribution in [0, 0.1) is 27.7 Å². The normalized spacial score (nSPS) is 12.5. The van der Waals surface area contributed by atoms with Crippen molar-refractivity contribution in [2.45, 2.75) is 78.4 Å². The van der Waals surface area contributed by atoms with Gasteiger partial charge in [-0.3, -0.25) is 13.9 Å². The zero-order valence-corrected chi connectivity index (χ0v) is 25.6. The molecule has 0 bridgehead atoms. The molecule has 0 heterocycles. The summed E-state index contributed by atoms with van der Waals surface area (Å²) in [6.07, 6.45) is 0. The standard InChI is InChI=1S/C32H41N3O4S/c1-22-12-15-28(16-13-22)40(38,39)35(29-17-14-24(3)18-25(29)4)21-30(36)34(20-27-11-9-10-23(2)19-27)26(5)31(37)33-32(6,7)8/h9-19,26H,20-21H2,1-8H3,(H,33,37). The second kappa shape index (κ2) is 12.3. The van der Waals surface area contributed by atoms with Crippen LogP contribution in [0.2, 0.25) is 0 Å². The molecule has 0 aromatic heterocycles. The molecule has 0 saturated carbocycles. The Kier molecular flexibility index (Phi) is 9.46. The topological polar surface area (TPSA) is 86.8 Å². The van der Waals surface area contributed by atoms with Gasteiger partial charge in [-0.1, -0.05) is 65.2 Å². The zero-order valence-electron chi connectivity index (χ0n) is 24.8. The van der Waals surface area contributed by atoms with Crippen LogP contribution in [-0.4, -0.2) is 43.3 Å². The third kappa shape index (κ3) is 7.72. The molecule has 1 atom stereocenters. The Balaban J connectivity index is 2.08. The Hall–Kier alpha value is -3.65. The molecule has 214 valence electrons. The van der Waals surface area contributed by atoms with Gasteiger partial charge in [0, 0.05) is 12.1 Å². The molecule has 7 nitrogen and oxygen atoms in total. The van der Waals surface area contributed by atoms with Crippen LogP contribution in [-0.2, 0) is 26.2 Å². The van der Waals surface area contributed by atoms with Crippen LogP contribution in [0.1, 0.15) is 55.5 Å². The number of rotatable bonds is 9. The number of aryl methyl sites for hydroxylation is 4. The fraction of sp³-hybridized carbons (Fsp3) is 0.375. The van der Waals surface area contributed by atoms with Gasteiger partial charge in [0.15, 0.2) is 0 Å². The minimum absolute atomic E-state index is 0.0923. The van der Waals surface area contributed by atoms with Gasteiger partial charge in [-0.25, -0.2) is 8.42 Å². The summed E-state index contributed by atoms with van der Waals surface area (Å²) in [7, 11) is -4.10. The molecule has 0 aliphatic heterocycles. The number of anilines is 1. The predicted octanol–water partition coefficient (Wildman–Crippen LogP) is 5.45. The molecule has 1 unspecified atom stereocenters. The van der Waals surface area contributed by atoms with E-state index >= 15 is 0 Å².